The summed E-state index contributed by atoms with van der Waals surface area (Å²) in [6.07, 6.45) is 22.1. The van der Waals surface area contributed by atoms with Crippen LogP contribution in [0.5, 0.6) is 0 Å². The first kappa shape index (κ1) is 41.6. The maximum atomic E-state index is 7.56. The van der Waals surface area contributed by atoms with Gasteiger partial charge in [0.2, 0.25) is 0 Å². The van der Waals surface area contributed by atoms with E-state index in [1.54, 1.807) is 0 Å². The van der Waals surface area contributed by atoms with E-state index >= 15 is 0 Å². The molecule has 0 radical (unpaired) electrons. The van der Waals surface area contributed by atoms with E-state index < -0.39 is 13.4 Å². The average molecular weight is 637 g/mol. The first-order valence-corrected chi connectivity index (χ1v) is 19.8. The van der Waals surface area contributed by atoms with Gasteiger partial charge in [-0.1, -0.05) is 152 Å². The molecule has 40 heavy (non-hydrogen) atoms. The molecule has 0 aliphatic carbocycles. The summed E-state index contributed by atoms with van der Waals surface area (Å²) in [6, 6.07) is 21.7. The van der Waals surface area contributed by atoms with E-state index in [2.05, 4.69) is 98.1 Å². The highest BCUT2D eigenvalue weighted by Gasteiger charge is 1.95. The van der Waals surface area contributed by atoms with Gasteiger partial charge in [0.25, 0.3) is 0 Å². The van der Waals surface area contributed by atoms with Crippen LogP contribution in [0.4, 0.5) is 0 Å². The fourth-order valence-corrected chi connectivity index (χ4v) is 3.86. The number of benzene rings is 2. The molecule has 2 rings (SSSR count). The van der Waals surface area contributed by atoms with Crippen molar-refractivity contribution in [2.45, 2.75) is 117 Å². The summed E-state index contributed by atoms with van der Waals surface area (Å²) >= 11 is 7.21. The normalized spacial score (nSPS) is 10.8. The van der Waals surface area contributed by atoms with Gasteiger partial charge in [-0.05, 0) is 60.4 Å². The summed E-state index contributed by atoms with van der Waals surface area (Å²) in [6.45, 7) is -3.06. The van der Waals surface area contributed by atoms with Gasteiger partial charge in [-0.25, -0.2) is 0 Å². The fourth-order valence-electron chi connectivity index (χ4n) is 3.86. The molecule has 0 aromatic heterocycles. The van der Waals surface area contributed by atoms with Gasteiger partial charge in [0, 0.05) is 0 Å². The van der Waals surface area contributed by atoms with Crippen LogP contribution in [0.25, 0.3) is 0 Å². The van der Waals surface area contributed by atoms with E-state index in [1.807, 2.05) is 0 Å². The molecule has 0 saturated heterocycles. The van der Waals surface area contributed by atoms with E-state index in [9.17, 15) is 0 Å². The summed E-state index contributed by atoms with van der Waals surface area (Å²) in [5.41, 5.74) is 2.98. The van der Waals surface area contributed by atoms with Crippen molar-refractivity contribution in [3.8, 4) is 0 Å². The first-order valence-electron chi connectivity index (χ1n) is 14.5. The lowest BCUT2D eigenvalue weighted by Gasteiger charge is -2.01. The summed E-state index contributed by atoms with van der Waals surface area (Å²) < 4.78 is 0. The molecular weight excluding hydrogens is 582 g/mol. The Labute approximate surface area is 254 Å². The van der Waals surface area contributed by atoms with Gasteiger partial charge in [0.1, 0.15) is 0 Å². The topological polar surface area (TPSA) is 121 Å². The molecule has 2 aromatic carbocycles. The SMILES string of the molecule is CCCCCCCCCc1ccccc1.CCCCCCCCCc1ccccc1.OP(O)(O)=S.OP(O)(O)=S. The van der Waals surface area contributed by atoms with Gasteiger partial charge < -0.3 is 29.4 Å². The Morgan fingerprint density at radius 3 is 0.900 bits per heavy atom. The van der Waals surface area contributed by atoms with E-state index in [0.717, 1.165) is 0 Å². The predicted molar refractivity (Wildman–Crippen MR) is 178 cm³/mol. The van der Waals surface area contributed by atoms with Gasteiger partial charge >= 0.3 is 13.4 Å². The third-order valence-corrected chi connectivity index (χ3v) is 5.82. The molecule has 0 fully saturated rings. The average Bonchev–Trinajstić information content (AvgIpc) is 2.87. The van der Waals surface area contributed by atoms with E-state index in [-0.39, 0.29) is 0 Å². The van der Waals surface area contributed by atoms with Crippen molar-refractivity contribution in [2.24, 2.45) is 0 Å². The maximum Gasteiger partial charge on any atom is 0.319 e. The predicted octanol–water partition coefficient (Wildman–Crippen LogP) is 8.34. The first-order chi connectivity index (χ1) is 18.9. The minimum absolute atomic E-state index is 1.26. The lowest BCUT2D eigenvalue weighted by Crippen LogP contribution is -1.85. The van der Waals surface area contributed by atoms with Crippen molar-refractivity contribution in [3.05, 3.63) is 71.8 Å². The van der Waals surface area contributed by atoms with Gasteiger partial charge in [-0.2, -0.15) is 0 Å². The molecule has 10 heteroatoms. The molecule has 6 N–H and O–H groups in total. The third-order valence-electron chi connectivity index (χ3n) is 5.82. The molecule has 0 bridgehead atoms. The van der Waals surface area contributed by atoms with Gasteiger partial charge in [-0.15, -0.1) is 0 Å². The minimum atomic E-state index is -3.81. The van der Waals surface area contributed by atoms with Crippen LogP contribution in [0.1, 0.15) is 115 Å². The monoisotopic (exact) mass is 636 g/mol. The summed E-state index contributed by atoms with van der Waals surface area (Å²) in [5, 5.41) is 0. The van der Waals surface area contributed by atoms with Crippen LogP contribution in [-0.2, 0) is 36.5 Å². The number of unbranched alkanes of at least 4 members (excludes halogenated alkanes) is 12. The molecular formula is C30H54O6P2S2. The Morgan fingerprint density at radius 1 is 0.425 bits per heavy atom. The Kier molecular flexibility index (Phi) is 29.8. The van der Waals surface area contributed by atoms with Crippen LogP contribution < -0.4 is 0 Å². The minimum Gasteiger partial charge on any atom is -0.325 e. The standard InChI is InChI=1S/2C15H24.2H3O3PS/c2*1-2-3-4-5-6-7-9-12-15-13-10-8-11-14-15;2*1-4(2,3)5/h2*8,10-11,13-14H,2-7,9,12H2,1H3;2*(H3,1,2,3,5). The number of hydrogen-bond donors (Lipinski definition) is 6. The zero-order valence-corrected chi connectivity index (χ0v) is 27.9. The van der Waals surface area contributed by atoms with Crippen molar-refractivity contribution in [3.63, 3.8) is 0 Å². The molecule has 0 unspecified atom stereocenters. The smallest absolute Gasteiger partial charge is 0.319 e. The lowest BCUT2D eigenvalue weighted by molar-refractivity contribution is 0.361. The summed E-state index contributed by atoms with van der Waals surface area (Å²) in [5.74, 6) is 0. The fraction of sp³-hybridized carbons (Fsp3) is 0.600. The molecule has 0 aliphatic rings. The van der Waals surface area contributed by atoms with E-state index in [4.69, 9.17) is 29.4 Å². The van der Waals surface area contributed by atoms with Crippen LogP contribution in [0, 0.1) is 0 Å². The molecule has 0 aliphatic heterocycles. The molecule has 0 atom stereocenters. The summed E-state index contributed by atoms with van der Waals surface area (Å²) in [4.78, 5) is 45.3. The van der Waals surface area contributed by atoms with Crippen LogP contribution in [0.2, 0.25) is 0 Å². The third kappa shape index (κ3) is 44.5. The van der Waals surface area contributed by atoms with Crippen LogP contribution in [-0.4, -0.2) is 29.4 Å². The molecule has 0 saturated carbocycles. The zero-order chi connectivity index (χ0) is 30.5. The van der Waals surface area contributed by atoms with Gasteiger partial charge in [0.15, 0.2) is 0 Å². The van der Waals surface area contributed by atoms with Crippen LogP contribution >= 0.6 is 13.4 Å². The summed E-state index contributed by atoms with van der Waals surface area (Å²) in [7, 11) is 0. The molecule has 0 heterocycles. The molecule has 0 spiro atoms. The van der Waals surface area contributed by atoms with E-state index in [1.165, 1.54) is 114 Å². The van der Waals surface area contributed by atoms with Gasteiger partial charge in [-0.3, -0.25) is 0 Å². The van der Waals surface area contributed by atoms with Crippen molar-refractivity contribution in [1.82, 2.24) is 0 Å². The van der Waals surface area contributed by atoms with E-state index in [0.29, 0.717) is 0 Å². The Hall–Kier alpha value is -0.500. The van der Waals surface area contributed by atoms with Crippen molar-refractivity contribution in [1.29, 1.82) is 0 Å². The lowest BCUT2D eigenvalue weighted by atomic mass is 10.0. The second-order valence-electron chi connectivity index (χ2n) is 9.74. The van der Waals surface area contributed by atoms with Crippen molar-refractivity contribution >= 4 is 37.1 Å². The van der Waals surface area contributed by atoms with Crippen molar-refractivity contribution < 1.29 is 29.4 Å². The van der Waals surface area contributed by atoms with Crippen LogP contribution in [0.3, 0.4) is 0 Å². The molecule has 0 amide bonds. The Bertz CT molecular complexity index is 786. The van der Waals surface area contributed by atoms with Crippen molar-refractivity contribution in [2.75, 3.05) is 0 Å². The number of hydrogen-bond acceptors (Lipinski definition) is 2. The van der Waals surface area contributed by atoms with Gasteiger partial charge in [0.05, 0.1) is 0 Å². The highest BCUT2D eigenvalue weighted by Crippen LogP contribution is 2.27. The highest BCUT2D eigenvalue weighted by atomic mass is 32.5. The zero-order valence-electron chi connectivity index (χ0n) is 24.5. The molecule has 232 valence electrons. The second kappa shape index (κ2) is 28.6. The molecule has 2 aromatic rings. The highest BCUT2D eigenvalue weighted by molar-refractivity contribution is 8.06. The largest absolute Gasteiger partial charge is 0.325 e. The Balaban J connectivity index is 0. The molecule has 6 nitrogen and oxygen atoms in total. The second-order valence-corrected chi connectivity index (χ2v) is 14.7. The Morgan fingerprint density at radius 2 is 0.650 bits per heavy atom. The van der Waals surface area contributed by atoms with Crippen LogP contribution in [0.15, 0.2) is 60.7 Å². The quantitative estimate of drug-likeness (QED) is 0.0804. The number of rotatable bonds is 16. The number of aryl methyl sites for hydroxylation is 2. The maximum absolute atomic E-state index is 7.56.